The molecule has 2 aliphatic rings. The van der Waals surface area contributed by atoms with Crippen LogP contribution in [0, 0.1) is 0 Å². The van der Waals surface area contributed by atoms with Gasteiger partial charge >= 0.3 is 0 Å². The largest absolute Gasteiger partial charge is 0.378 e. The Labute approximate surface area is 114 Å². The van der Waals surface area contributed by atoms with E-state index in [4.69, 9.17) is 4.74 Å². The van der Waals surface area contributed by atoms with Crippen molar-refractivity contribution >= 4 is 15.9 Å². The van der Waals surface area contributed by atoms with Crippen LogP contribution in [-0.2, 0) is 19.6 Å². The number of hydrogen-bond donors (Lipinski definition) is 0. The first-order chi connectivity index (χ1) is 9.06. The van der Waals surface area contributed by atoms with Crippen molar-refractivity contribution < 1.29 is 17.9 Å². The zero-order valence-corrected chi connectivity index (χ0v) is 12.2. The molecule has 2 rings (SSSR count). The topological polar surface area (TPSA) is 66.9 Å². The Bertz CT molecular complexity index is 417. The molecule has 0 bridgehead atoms. The SMILES string of the molecule is CCCS(=O)(=O)N1CCC[C@@H]1C(=O)N1CCOCC1. The number of hydrogen-bond acceptors (Lipinski definition) is 4. The number of carbonyl (C=O) groups is 1. The third-order valence-corrected chi connectivity index (χ3v) is 5.71. The molecule has 2 fully saturated rings. The van der Waals surface area contributed by atoms with E-state index in [0.717, 1.165) is 6.42 Å². The summed E-state index contributed by atoms with van der Waals surface area (Å²) in [6.07, 6.45) is 1.99. The maximum atomic E-state index is 12.4. The van der Waals surface area contributed by atoms with Gasteiger partial charge in [0.25, 0.3) is 0 Å². The lowest BCUT2D eigenvalue weighted by Gasteiger charge is -2.32. The van der Waals surface area contributed by atoms with Crippen LogP contribution >= 0.6 is 0 Å². The molecule has 0 spiro atoms. The molecular formula is C12H22N2O4S. The minimum atomic E-state index is -3.29. The Hall–Kier alpha value is -0.660. The van der Waals surface area contributed by atoms with E-state index in [1.54, 1.807) is 4.90 Å². The number of rotatable bonds is 4. The van der Waals surface area contributed by atoms with E-state index in [9.17, 15) is 13.2 Å². The lowest BCUT2D eigenvalue weighted by atomic mass is 10.2. The lowest BCUT2D eigenvalue weighted by Crippen LogP contribution is -2.51. The highest BCUT2D eigenvalue weighted by molar-refractivity contribution is 7.89. The van der Waals surface area contributed by atoms with Crippen LogP contribution in [0.15, 0.2) is 0 Å². The second-order valence-corrected chi connectivity index (χ2v) is 7.06. The summed E-state index contributed by atoms with van der Waals surface area (Å²) in [6, 6.07) is -0.491. The second-order valence-electron chi connectivity index (χ2n) is 5.02. The average molecular weight is 290 g/mol. The van der Waals surface area contributed by atoms with Crippen molar-refractivity contribution in [3.8, 4) is 0 Å². The maximum Gasteiger partial charge on any atom is 0.241 e. The van der Waals surface area contributed by atoms with Crippen LogP contribution in [0.25, 0.3) is 0 Å². The minimum Gasteiger partial charge on any atom is -0.378 e. The third kappa shape index (κ3) is 3.27. The van der Waals surface area contributed by atoms with Crippen molar-refractivity contribution in [2.45, 2.75) is 32.2 Å². The molecule has 7 heteroatoms. The molecule has 1 amide bonds. The summed E-state index contributed by atoms with van der Waals surface area (Å²) in [5, 5.41) is 0. The van der Waals surface area contributed by atoms with Gasteiger partial charge in [-0.1, -0.05) is 6.92 Å². The summed E-state index contributed by atoms with van der Waals surface area (Å²) >= 11 is 0. The summed E-state index contributed by atoms with van der Waals surface area (Å²) in [5.41, 5.74) is 0. The van der Waals surface area contributed by atoms with Gasteiger partial charge in [-0.2, -0.15) is 4.31 Å². The van der Waals surface area contributed by atoms with Crippen LogP contribution < -0.4 is 0 Å². The molecule has 0 aromatic carbocycles. The first-order valence-corrected chi connectivity index (χ1v) is 8.53. The number of amides is 1. The number of morpholine rings is 1. The van der Waals surface area contributed by atoms with Gasteiger partial charge in [0.15, 0.2) is 0 Å². The van der Waals surface area contributed by atoms with Crippen molar-refractivity contribution in [1.29, 1.82) is 0 Å². The number of carbonyl (C=O) groups excluding carboxylic acids is 1. The van der Waals surface area contributed by atoms with Crippen molar-refractivity contribution in [2.75, 3.05) is 38.6 Å². The van der Waals surface area contributed by atoms with Crippen LogP contribution in [-0.4, -0.2) is 68.2 Å². The molecule has 19 heavy (non-hydrogen) atoms. The predicted octanol–water partition coefficient (Wildman–Crippen LogP) is 0.0494. The van der Waals surface area contributed by atoms with Crippen LogP contribution in [0.5, 0.6) is 0 Å². The molecule has 2 aliphatic heterocycles. The Balaban J connectivity index is 2.07. The maximum absolute atomic E-state index is 12.4. The fourth-order valence-electron chi connectivity index (χ4n) is 2.69. The van der Waals surface area contributed by atoms with Crippen molar-refractivity contribution in [3.63, 3.8) is 0 Å². The Morgan fingerprint density at radius 2 is 1.95 bits per heavy atom. The first kappa shape index (κ1) is 14.7. The average Bonchev–Trinajstić information content (AvgIpc) is 2.89. The first-order valence-electron chi connectivity index (χ1n) is 6.92. The third-order valence-electron chi connectivity index (χ3n) is 3.63. The van der Waals surface area contributed by atoms with Crippen molar-refractivity contribution in [3.05, 3.63) is 0 Å². The van der Waals surface area contributed by atoms with E-state index in [0.29, 0.717) is 45.7 Å². The number of sulfonamides is 1. The summed E-state index contributed by atoms with van der Waals surface area (Å²) < 4.78 is 31.0. The molecule has 0 aromatic heterocycles. The molecule has 0 aliphatic carbocycles. The van der Waals surface area contributed by atoms with Gasteiger partial charge in [-0.05, 0) is 19.3 Å². The second kappa shape index (κ2) is 6.19. The highest BCUT2D eigenvalue weighted by Crippen LogP contribution is 2.23. The van der Waals surface area contributed by atoms with Gasteiger partial charge in [-0.3, -0.25) is 4.79 Å². The van der Waals surface area contributed by atoms with Gasteiger partial charge in [0.2, 0.25) is 15.9 Å². The molecule has 6 nitrogen and oxygen atoms in total. The molecular weight excluding hydrogens is 268 g/mol. The highest BCUT2D eigenvalue weighted by Gasteiger charge is 2.40. The zero-order chi connectivity index (χ0) is 13.9. The predicted molar refractivity (Wildman–Crippen MR) is 71.2 cm³/mol. The van der Waals surface area contributed by atoms with Crippen LogP contribution in [0.4, 0.5) is 0 Å². The molecule has 1 atom stereocenters. The normalized spacial score (nSPS) is 25.7. The van der Waals surface area contributed by atoms with Crippen molar-refractivity contribution in [1.82, 2.24) is 9.21 Å². The molecule has 0 aromatic rings. The lowest BCUT2D eigenvalue weighted by molar-refractivity contribution is -0.138. The van der Waals surface area contributed by atoms with E-state index in [2.05, 4.69) is 0 Å². The van der Waals surface area contributed by atoms with Gasteiger partial charge < -0.3 is 9.64 Å². The highest BCUT2D eigenvalue weighted by atomic mass is 32.2. The molecule has 2 heterocycles. The minimum absolute atomic E-state index is 0.0551. The smallest absolute Gasteiger partial charge is 0.241 e. The van der Waals surface area contributed by atoms with Gasteiger partial charge in [0, 0.05) is 19.6 Å². The summed E-state index contributed by atoms with van der Waals surface area (Å²) in [4.78, 5) is 14.2. The van der Waals surface area contributed by atoms with E-state index in [1.807, 2.05) is 6.92 Å². The quantitative estimate of drug-likeness (QED) is 0.734. The zero-order valence-electron chi connectivity index (χ0n) is 11.4. The van der Waals surface area contributed by atoms with Crippen LogP contribution in [0.1, 0.15) is 26.2 Å². The fourth-order valence-corrected chi connectivity index (χ4v) is 4.43. The molecule has 0 unspecified atom stereocenters. The molecule has 2 saturated heterocycles. The van der Waals surface area contributed by atoms with E-state index < -0.39 is 16.1 Å². The fraction of sp³-hybridized carbons (Fsp3) is 0.917. The summed E-state index contributed by atoms with van der Waals surface area (Å²) in [7, 11) is -3.29. The summed E-state index contributed by atoms with van der Waals surface area (Å²) in [6.45, 7) is 4.53. The van der Waals surface area contributed by atoms with Gasteiger partial charge in [0.1, 0.15) is 6.04 Å². The molecule has 0 saturated carbocycles. The Morgan fingerprint density at radius 3 is 2.58 bits per heavy atom. The number of nitrogens with zero attached hydrogens (tertiary/aromatic N) is 2. The Morgan fingerprint density at radius 1 is 1.26 bits per heavy atom. The van der Waals surface area contributed by atoms with E-state index in [1.165, 1.54) is 4.31 Å². The van der Waals surface area contributed by atoms with E-state index >= 15 is 0 Å². The number of ether oxygens (including phenoxy) is 1. The van der Waals surface area contributed by atoms with Crippen LogP contribution in [0.2, 0.25) is 0 Å². The van der Waals surface area contributed by atoms with Crippen molar-refractivity contribution in [2.24, 2.45) is 0 Å². The van der Waals surface area contributed by atoms with Gasteiger partial charge in [0.05, 0.1) is 19.0 Å². The van der Waals surface area contributed by atoms with Crippen LogP contribution in [0.3, 0.4) is 0 Å². The summed E-state index contributed by atoms with van der Waals surface area (Å²) in [5.74, 6) is 0.0698. The Kier molecular flexibility index (Phi) is 4.81. The van der Waals surface area contributed by atoms with Gasteiger partial charge in [-0.15, -0.1) is 0 Å². The van der Waals surface area contributed by atoms with E-state index in [-0.39, 0.29) is 11.7 Å². The molecule has 0 N–H and O–H groups in total. The van der Waals surface area contributed by atoms with Gasteiger partial charge in [-0.25, -0.2) is 8.42 Å². The monoisotopic (exact) mass is 290 g/mol. The molecule has 110 valence electrons. The standard InChI is InChI=1S/C12H22N2O4S/c1-2-10-19(16,17)14-5-3-4-11(14)12(15)13-6-8-18-9-7-13/h11H,2-10H2,1H3/t11-/m1/s1. The molecule has 0 radical (unpaired) electrons.